The van der Waals surface area contributed by atoms with Gasteiger partial charge in [-0.15, -0.1) is 4.59 Å². The molecule has 0 radical (unpaired) electrons. The lowest BCUT2D eigenvalue weighted by molar-refractivity contribution is 0.508. The van der Waals surface area contributed by atoms with Gasteiger partial charge in [0.25, 0.3) is 0 Å². The SMILES string of the molecule is CCC(c1cc2c(cc1C1CC1)=C[N+](C)(c1ccc(F)cc1)N=2)S(C)(=O)=O. The fourth-order valence-electron chi connectivity index (χ4n) is 4.01. The van der Waals surface area contributed by atoms with Crippen LogP contribution in [0.15, 0.2) is 41.5 Å². The number of hydrogen-bond acceptors (Lipinski definition) is 3. The van der Waals surface area contributed by atoms with Crippen LogP contribution in [0.25, 0.3) is 6.20 Å². The Morgan fingerprint density at radius 3 is 2.44 bits per heavy atom. The summed E-state index contributed by atoms with van der Waals surface area (Å²) in [7, 11) is -1.26. The van der Waals surface area contributed by atoms with E-state index >= 15 is 0 Å². The lowest BCUT2D eigenvalue weighted by Gasteiger charge is -2.19. The molecule has 2 unspecified atom stereocenters. The first-order chi connectivity index (χ1) is 12.7. The topological polar surface area (TPSA) is 46.5 Å². The van der Waals surface area contributed by atoms with Crippen LogP contribution in [0, 0.1) is 5.82 Å². The number of fused-ring (bicyclic) bond motifs is 1. The molecule has 0 saturated heterocycles. The van der Waals surface area contributed by atoms with Crippen LogP contribution in [-0.2, 0) is 9.84 Å². The summed E-state index contributed by atoms with van der Waals surface area (Å²) in [6.45, 7) is 1.91. The smallest absolute Gasteiger partial charge is 0.163 e. The van der Waals surface area contributed by atoms with Crippen LogP contribution in [0.4, 0.5) is 10.1 Å². The van der Waals surface area contributed by atoms with Gasteiger partial charge in [0.15, 0.2) is 15.5 Å². The first-order valence-electron chi connectivity index (χ1n) is 9.29. The van der Waals surface area contributed by atoms with Gasteiger partial charge in [-0.1, -0.05) is 12.0 Å². The molecule has 1 heterocycles. The molecule has 1 fully saturated rings. The first kappa shape index (κ1) is 18.3. The molecular weight excluding hydrogens is 363 g/mol. The molecule has 2 aromatic carbocycles. The predicted molar refractivity (Wildman–Crippen MR) is 106 cm³/mol. The molecule has 2 atom stereocenters. The Labute approximate surface area is 159 Å². The van der Waals surface area contributed by atoms with E-state index in [1.54, 1.807) is 12.1 Å². The summed E-state index contributed by atoms with van der Waals surface area (Å²) in [4.78, 5) is 0. The van der Waals surface area contributed by atoms with Crippen molar-refractivity contribution in [3.05, 3.63) is 63.9 Å². The zero-order chi connectivity index (χ0) is 19.4. The van der Waals surface area contributed by atoms with Crippen molar-refractivity contribution < 1.29 is 12.8 Å². The van der Waals surface area contributed by atoms with Gasteiger partial charge in [-0.05, 0) is 60.6 Å². The summed E-state index contributed by atoms with van der Waals surface area (Å²) < 4.78 is 38.2. The summed E-state index contributed by atoms with van der Waals surface area (Å²) in [5.74, 6) is 0.166. The third-order valence-corrected chi connectivity index (χ3v) is 7.16. The van der Waals surface area contributed by atoms with E-state index in [0.29, 0.717) is 12.3 Å². The highest BCUT2D eigenvalue weighted by atomic mass is 32.2. The zero-order valence-electron chi connectivity index (χ0n) is 15.8. The minimum atomic E-state index is -3.20. The largest absolute Gasteiger partial charge is 0.228 e. The molecule has 1 aliphatic heterocycles. The number of halogens is 1. The molecule has 0 spiro atoms. The quantitative estimate of drug-likeness (QED) is 0.740. The second-order valence-electron chi connectivity index (χ2n) is 7.77. The molecule has 0 bridgehead atoms. The van der Waals surface area contributed by atoms with Crippen molar-refractivity contribution in [3.63, 3.8) is 0 Å². The Hall–Kier alpha value is -2.05. The summed E-state index contributed by atoms with van der Waals surface area (Å²) in [5, 5.41) is 6.13. The maximum Gasteiger partial charge on any atom is 0.163 e. The van der Waals surface area contributed by atoms with Gasteiger partial charge in [-0.2, -0.15) is 0 Å². The number of quaternary nitrogens is 1. The van der Waals surface area contributed by atoms with Crippen molar-refractivity contribution in [1.29, 1.82) is 0 Å². The maximum absolute atomic E-state index is 13.3. The van der Waals surface area contributed by atoms with Crippen molar-refractivity contribution >= 4 is 21.7 Å². The van der Waals surface area contributed by atoms with Crippen molar-refractivity contribution in [2.45, 2.75) is 37.4 Å². The lowest BCUT2D eigenvalue weighted by Crippen LogP contribution is -2.30. The third kappa shape index (κ3) is 3.32. The van der Waals surface area contributed by atoms with E-state index in [1.807, 2.05) is 26.2 Å². The van der Waals surface area contributed by atoms with Crippen LogP contribution in [0.2, 0.25) is 0 Å². The second kappa shape index (κ2) is 6.24. The number of hydrogen-bond donors (Lipinski definition) is 0. The van der Waals surface area contributed by atoms with Gasteiger partial charge in [-0.3, -0.25) is 0 Å². The summed E-state index contributed by atoms with van der Waals surface area (Å²) in [6, 6.07) is 10.4. The van der Waals surface area contributed by atoms with Crippen LogP contribution >= 0.6 is 0 Å². The Morgan fingerprint density at radius 1 is 1.22 bits per heavy atom. The van der Waals surface area contributed by atoms with E-state index in [2.05, 4.69) is 6.07 Å². The molecule has 0 amide bonds. The van der Waals surface area contributed by atoms with Crippen LogP contribution in [0.1, 0.15) is 48.5 Å². The maximum atomic E-state index is 13.3. The van der Waals surface area contributed by atoms with Gasteiger partial charge in [-0.25, -0.2) is 12.8 Å². The van der Waals surface area contributed by atoms with Crippen molar-refractivity contribution in [2.75, 3.05) is 13.3 Å². The molecule has 6 heteroatoms. The molecule has 4 nitrogen and oxygen atoms in total. The molecule has 0 aromatic heterocycles. The predicted octanol–water partition coefficient (Wildman–Crippen LogP) is 3.12. The molecule has 1 saturated carbocycles. The Bertz CT molecular complexity index is 1120. The van der Waals surface area contributed by atoms with Crippen molar-refractivity contribution in [1.82, 2.24) is 4.59 Å². The highest BCUT2D eigenvalue weighted by molar-refractivity contribution is 7.90. The molecule has 27 heavy (non-hydrogen) atoms. The van der Waals surface area contributed by atoms with Gasteiger partial charge in [0, 0.05) is 18.4 Å². The second-order valence-corrected chi connectivity index (χ2v) is 10.0. The Balaban J connectivity index is 1.89. The van der Waals surface area contributed by atoms with Crippen molar-refractivity contribution in [3.8, 4) is 0 Å². The standard InChI is InChI=1S/C21H24FN2O2S/c1-4-21(27(3,25)26)19-12-20-15(11-18(19)14-5-6-14)13-24(2,23-20)17-9-7-16(22)8-10-17/h7-14,21H,4-6H2,1-3H3/q+1. The number of benzene rings is 2. The van der Waals surface area contributed by atoms with E-state index in [9.17, 15) is 12.8 Å². The van der Waals surface area contributed by atoms with E-state index < -0.39 is 15.1 Å². The highest BCUT2D eigenvalue weighted by Gasteiger charge is 2.34. The Morgan fingerprint density at radius 2 is 1.89 bits per heavy atom. The summed E-state index contributed by atoms with van der Waals surface area (Å²) in [5.41, 5.74) is 2.90. The zero-order valence-corrected chi connectivity index (χ0v) is 16.6. The van der Waals surface area contributed by atoms with Crippen molar-refractivity contribution in [2.24, 2.45) is 5.10 Å². The number of sulfone groups is 1. The molecule has 0 N–H and O–H groups in total. The first-order valence-corrected chi connectivity index (χ1v) is 11.2. The van der Waals surface area contributed by atoms with E-state index in [4.69, 9.17) is 5.10 Å². The average Bonchev–Trinajstić information content (AvgIpc) is 3.36. The molecule has 2 aliphatic rings. The average molecular weight is 388 g/mol. The van der Waals surface area contributed by atoms with Gasteiger partial charge >= 0.3 is 0 Å². The van der Waals surface area contributed by atoms with Gasteiger partial charge < -0.3 is 0 Å². The van der Waals surface area contributed by atoms with Crippen LogP contribution in [-0.4, -0.2) is 21.7 Å². The monoisotopic (exact) mass is 387 g/mol. The summed E-state index contributed by atoms with van der Waals surface area (Å²) >= 11 is 0. The fourth-order valence-corrected chi connectivity index (χ4v) is 5.28. The lowest BCUT2D eigenvalue weighted by atomic mass is 9.98. The minimum absolute atomic E-state index is 0.193. The highest BCUT2D eigenvalue weighted by Crippen LogP contribution is 2.44. The summed E-state index contributed by atoms with van der Waals surface area (Å²) in [6.07, 6.45) is 6.11. The van der Waals surface area contributed by atoms with E-state index in [0.717, 1.165) is 40.2 Å². The molecular formula is C21H24FN2O2S+. The van der Waals surface area contributed by atoms with E-state index in [-0.39, 0.29) is 10.4 Å². The fraction of sp³-hybridized carbons (Fsp3) is 0.381. The van der Waals surface area contributed by atoms with Gasteiger partial charge in [0.05, 0.1) is 10.5 Å². The molecule has 2 aromatic rings. The molecule has 1 aliphatic carbocycles. The molecule has 142 valence electrons. The van der Waals surface area contributed by atoms with Gasteiger partial charge in [0.2, 0.25) is 0 Å². The van der Waals surface area contributed by atoms with Crippen LogP contribution < -0.4 is 15.2 Å². The normalized spacial score (nSPS) is 22.7. The number of rotatable bonds is 5. The number of nitrogens with zero attached hydrogens (tertiary/aromatic N) is 2. The molecule has 4 rings (SSSR count). The van der Waals surface area contributed by atoms with Gasteiger partial charge in [0.1, 0.15) is 24.4 Å². The van der Waals surface area contributed by atoms with Crippen LogP contribution in [0.5, 0.6) is 0 Å². The minimum Gasteiger partial charge on any atom is -0.228 e. The third-order valence-electron chi connectivity index (χ3n) is 5.54. The van der Waals surface area contributed by atoms with Crippen LogP contribution in [0.3, 0.4) is 0 Å². The Kier molecular flexibility index (Phi) is 4.24. The van der Waals surface area contributed by atoms with E-state index in [1.165, 1.54) is 18.4 Å².